The second-order valence-corrected chi connectivity index (χ2v) is 2.81. The summed E-state index contributed by atoms with van der Waals surface area (Å²) in [6, 6.07) is 0. The quantitative estimate of drug-likeness (QED) is 0.512. The fraction of sp³-hybridized carbons (Fsp3) is 0.333. The van der Waals surface area contributed by atoms with Gasteiger partial charge in [0.2, 0.25) is 0 Å². The van der Waals surface area contributed by atoms with Gasteiger partial charge >= 0.3 is 11.9 Å². The number of carbonyl (C=O) groups excluding carboxylic acids is 2. The summed E-state index contributed by atoms with van der Waals surface area (Å²) in [6.07, 6.45) is 2.11. The van der Waals surface area contributed by atoms with Gasteiger partial charge in [-0.05, 0) is 13.3 Å². The van der Waals surface area contributed by atoms with E-state index in [1.807, 2.05) is 0 Å². The average molecular weight is 208 g/mol. The van der Waals surface area contributed by atoms with Crippen LogP contribution in [0, 0.1) is 0 Å². The van der Waals surface area contributed by atoms with Crippen LogP contribution in [0.1, 0.15) is 0 Å². The van der Waals surface area contributed by atoms with Crippen molar-refractivity contribution in [1.82, 2.24) is 0 Å². The van der Waals surface area contributed by atoms with Crippen molar-refractivity contribution >= 4 is 29.6 Å². The third-order valence-corrected chi connectivity index (χ3v) is 1.57. The van der Waals surface area contributed by atoms with E-state index < -0.39 is 11.9 Å². The molecule has 0 saturated carbocycles. The highest BCUT2D eigenvalue weighted by molar-refractivity contribution is 7.32. The molecule has 12 heavy (non-hydrogen) atoms. The summed E-state index contributed by atoms with van der Waals surface area (Å²) in [5.41, 5.74) is 0. The van der Waals surface area contributed by atoms with Crippen LogP contribution in [0.4, 0.5) is 0 Å². The molecule has 0 saturated heterocycles. The van der Waals surface area contributed by atoms with Crippen LogP contribution < -0.4 is 0 Å². The maximum atomic E-state index is 10.6. The molecule has 0 aliphatic carbocycles. The molecule has 4 nitrogen and oxygen atoms in total. The Morgan fingerprint density at radius 1 is 1.00 bits per heavy atom. The van der Waals surface area contributed by atoms with Gasteiger partial charge in [0.25, 0.3) is 0 Å². The molecule has 2 unspecified atom stereocenters. The van der Waals surface area contributed by atoms with Crippen LogP contribution in [0.15, 0.2) is 12.2 Å². The minimum Gasteiger partial charge on any atom is -0.445 e. The highest BCUT2D eigenvalue weighted by atomic mass is 31.1. The molecule has 6 heteroatoms. The lowest BCUT2D eigenvalue weighted by Crippen LogP contribution is -1.96. The number of carbonyl (C=O) groups is 2. The zero-order chi connectivity index (χ0) is 9.40. The highest BCUT2D eigenvalue weighted by Gasteiger charge is 1.97. The first-order valence-electron chi connectivity index (χ1n) is 3.14. The van der Waals surface area contributed by atoms with Gasteiger partial charge in [0, 0.05) is 12.2 Å². The molecule has 0 aliphatic heterocycles. The largest absolute Gasteiger partial charge is 0.445 e. The van der Waals surface area contributed by atoms with Crippen molar-refractivity contribution in [3.05, 3.63) is 12.2 Å². The maximum absolute atomic E-state index is 10.6. The van der Waals surface area contributed by atoms with Gasteiger partial charge in [0.1, 0.15) is 0 Å². The first-order chi connectivity index (χ1) is 5.70. The summed E-state index contributed by atoms with van der Waals surface area (Å²) < 4.78 is 9.13. The Bertz CT molecular complexity index is 170. The Balaban J connectivity index is 3.73. The van der Waals surface area contributed by atoms with E-state index in [9.17, 15) is 9.59 Å². The van der Waals surface area contributed by atoms with E-state index >= 15 is 0 Å². The summed E-state index contributed by atoms with van der Waals surface area (Å²) in [5.74, 6) is -1.04. The Hall–Kier alpha value is -0.460. The van der Waals surface area contributed by atoms with Crippen LogP contribution >= 0.6 is 17.6 Å². The van der Waals surface area contributed by atoms with Gasteiger partial charge in [-0.3, -0.25) is 0 Å². The Morgan fingerprint density at radius 2 is 1.33 bits per heavy atom. The van der Waals surface area contributed by atoms with Crippen molar-refractivity contribution in [3.63, 3.8) is 0 Å². The van der Waals surface area contributed by atoms with Crippen molar-refractivity contribution in [2.45, 2.75) is 0 Å². The lowest BCUT2D eigenvalue weighted by molar-refractivity contribution is -0.130. The fourth-order valence-electron chi connectivity index (χ4n) is 0.405. The van der Waals surface area contributed by atoms with Crippen LogP contribution in [-0.4, -0.2) is 25.3 Å². The van der Waals surface area contributed by atoms with Gasteiger partial charge in [0.15, 0.2) is 0 Å². The second-order valence-electron chi connectivity index (χ2n) is 1.58. The van der Waals surface area contributed by atoms with Crippen molar-refractivity contribution in [2.24, 2.45) is 0 Å². The van der Waals surface area contributed by atoms with Gasteiger partial charge in [-0.25, -0.2) is 9.59 Å². The molecule has 0 aromatic carbocycles. The van der Waals surface area contributed by atoms with Crippen molar-refractivity contribution in [2.75, 3.05) is 13.3 Å². The Labute approximate surface area is 74.4 Å². The minimum atomic E-state index is -0.521. The van der Waals surface area contributed by atoms with Crippen LogP contribution in [0.2, 0.25) is 0 Å². The van der Waals surface area contributed by atoms with Crippen molar-refractivity contribution < 1.29 is 18.6 Å². The zero-order valence-corrected chi connectivity index (χ0v) is 8.79. The Kier molecular flexibility index (Phi) is 6.93. The van der Waals surface area contributed by atoms with Crippen molar-refractivity contribution in [1.29, 1.82) is 0 Å². The highest BCUT2D eigenvalue weighted by Crippen LogP contribution is 2.06. The molecule has 0 heterocycles. The van der Waals surface area contributed by atoms with E-state index in [-0.39, 0.29) is 17.6 Å². The first-order valence-corrected chi connectivity index (χ1v) is 5.95. The molecule has 68 valence electrons. The molecule has 0 bridgehead atoms. The normalized spacial score (nSPS) is 11.8. The predicted molar refractivity (Wildman–Crippen MR) is 49.8 cm³/mol. The Morgan fingerprint density at radius 3 is 1.58 bits per heavy atom. The maximum Gasteiger partial charge on any atom is 0.333 e. The standard InChI is InChI=1S/C6H10O4P2/c1-11-9-5(7)3-4-6(8)10-12-2/h3-4,11-12H,1-2H3. The molecule has 0 amide bonds. The third-order valence-electron chi connectivity index (χ3n) is 0.761. The van der Waals surface area contributed by atoms with Gasteiger partial charge in [-0.15, -0.1) is 0 Å². The van der Waals surface area contributed by atoms with E-state index in [4.69, 9.17) is 0 Å². The summed E-state index contributed by atoms with van der Waals surface area (Å²) in [6.45, 7) is 3.44. The minimum absolute atomic E-state index is 0.0913. The van der Waals surface area contributed by atoms with E-state index in [0.717, 1.165) is 12.2 Å². The number of hydrogen-bond acceptors (Lipinski definition) is 4. The van der Waals surface area contributed by atoms with Gasteiger partial charge in [-0.1, -0.05) is 0 Å². The van der Waals surface area contributed by atoms with Crippen LogP contribution in [0.5, 0.6) is 0 Å². The molecule has 0 aromatic rings. The third kappa shape index (κ3) is 6.26. The molecule has 0 N–H and O–H groups in total. The molecular formula is C6H10O4P2. The van der Waals surface area contributed by atoms with Crippen molar-refractivity contribution in [3.8, 4) is 0 Å². The monoisotopic (exact) mass is 208 g/mol. The molecule has 2 atom stereocenters. The van der Waals surface area contributed by atoms with E-state index in [0.29, 0.717) is 0 Å². The number of rotatable bonds is 4. The first kappa shape index (κ1) is 11.5. The SMILES string of the molecule is CPOC(=O)C=CC(=O)OPC. The molecule has 0 rings (SSSR count). The van der Waals surface area contributed by atoms with Crippen LogP contribution in [-0.2, 0) is 18.6 Å². The lowest BCUT2D eigenvalue weighted by Gasteiger charge is -1.95. The predicted octanol–water partition coefficient (Wildman–Crippen LogP) is 1.08. The summed E-state index contributed by atoms with van der Waals surface area (Å²) >= 11 is 0. The molecule has 0 aromatic heterocycles. The topological polar surface area (TPSA) is 52.6 Å². The zero-order valence-electron chi connectivity index (χ0n) is 6.79. The van der Waals surface area contributed by atoms with Crippen LogP contribution in [0.3, 0.4) is 0 Å². The smallest absolute Gasteiger partial charge is 0.333 e. The second kappa shape index (κ2) is 7.20. The van der Waals surface area contributed by atoms with Gasteiger partial charge in [-0.2, -0.15) is 0 Å². The fourth-order valence-corrected chi connectivity index (χ4v) is 0.944. The molecular weight excluding hydrogens is 198 g/mol. The summed E-state index contributed by atoms with van der Waals surface area (Å²) in [7, 11) is 0.183. The summed E-state index contributed by atoms with van der Waals surface area (Å²) in [4.78, 5) is 21.3. The van der Waals surface area contributed by atoms with Gasteiger partial charge in [0.05, 0.1) is 17.6 Å². The van der Waals surface area contributed by atoms with E-state index in [2.05, 4.69) is 9.05 Å². The average Bonchev–Trinajstić information content (AvgIpc) is 2.02. The number of hydrogen-bond donors (Lipinski definition) is 0. The van der Waals surface area contributed by atoms with E-state index in [1.54, 1.807) is 13.3 Å². The lowest BCUT2D eigenvalue weighted by atomic mass is 10.5. The molecule has 0 spiro atoms. The van der Waals surface area contributed by atoms with Crippen LogP contribution in [0.25, 0.3) is 0 Å². The van der Waals surface area contributed by atoms with Gasteiger partial charge < -0.3 is 9.05 Å². The summed E-state index contributed by atoms with van der Waals surface area (Å²) in [5, 5.41) is 0. The molecule has 0 fully saturated rings. The molecule has 0 aliphatic rings. The van der Waals surface area contributed by atoms with E-state index in [1.165, 1.54) is 0 Å². The molecule has 0 radical (unpaired) electrons.